The van der Waals surface area contributed by atoms with Crippen LogP contribution in [0.25, 0.3) is 22.3 Å². The van der Waals surface area contributed by atoms with E-state index >= 15 is 4.79 Å². The standard InChI is InChI=1S/C41H38O19/c42-12-24-37(60-40-39(54)41(55,13-43)14-56-40)33(52)34(53)38(59-24)26-21(48)11-23-27(31(26)50)32(51)29(36(58-23)16-3-7-18(45)8-4-16)28-30(49)25-20(47)9-19(46)10-22(25)57-35(28)15-1-5-17(44)6-2-15/h1-11,24,29,33-34,36-40,42-48,50,52-55H,12-14H2. The highest BCUT2D eigenvalue weighted by Gasteiger charge is 2.54. The molecule has 19 heteroatoms. The molecule has 5 aromatic rings. The summed E-state index contributed by atoms with van der Waals surface area (Å²) in [5, 5.41) is 128. The van der Waals surface area contributed by atoms with Crippen LogP contribution in [0.1, 0.15) is 45.2 Å². The average Bonchev–Trinajstić information content (AvgIpc) is 3.49. The number of aliphatic hydroxyl groups is 6. The van der Waals surface area contributed by atoms with Crippen molar-refractivity contribution in [2.75, 3.05) is 19.8 Å². The van der Waals surface area contributed by atoms with E-state index in [1.165, 1.54) is 48.5 Å². The Hall–Kier alpha value is -6.00. The van der Waals surface area contributed by atoms with E-state index in [1.54, 1.807) is 0 Å². The topological polar surface area (TPSA) is 327 Å². The number of aliphatic hydroxyl groups excluding tert-OH is 5. The van der Waals surface area contributed by atoms with E-state index in [9.17, 15) is 66.1 Å². The molecule has 60 heavy (non-hydrogen) atoms. The number of benzene rings is 4. The van der Waals surface area contributed by atoms with Gasteiger partial charge in [0.05, 0.1) is 36.9 Å². The number of rotatable bonds is 8. The SMILES string of the molecule is O=C1c2c(cc(O)c(C3OC(CO)C(OC4OCC(O)(CO)C4O)C(O)C3O)c2O)OC(c2ccc(O)cc2)C1c1c(-c2ccc(O)cc2)oc2cc(O)cc(O)c2c1=O. The smallest absolute Gasteiger partial charge is 0.201 e. The lowest BCUT2D eigenvalue weighted by molar-refractivity contribution is -0.287. The Morgan fingerprint density at radius 1 is 0.767 bits per heavy atom. The fraction of sp³-hybridized carbons (Fsp3) is 0.317. The number of Topliss-reactive ketones (excluding diaryl/α,β-unsaturated/α-hetero) is 1. The van der Waals surface area contributed by atoms with Crippen molar-refractivity contribution >= 4 is 16.8 Å². The molecule has 0 bridgehead atoms. The van der Waals surface area contributed by atoms with Crippen molar-refractivity contribution in [2.45, 2.75) is 60.5 Å². The molecule has 4 heterocycles. The molecule has 2 fully saturated rings. The molecule has 10 unspecified atom stereocenters. The molecule has 12 N–H and O–H groups in total. The maximum absolute atomic E-state index is 15.1. The molecule has 10 atom stereocenters. The van der Waals surface area contributed by atoms with Gasteiger partial charge in [0.1, 0.15) is 111 Å². The molecule has 0 saturated carbocycles. The quantitative estimate of drug-likeness (QED) is 0.103. The maximum atomic E-state index is 15.1. The number of aromatic hydroxyl groups is 6. The number of hydrogen-bond donors (Lipinski definition) is 12. The van der Waals surface area contributed by atoms with Crippen LogP contribution in [-0.4, -0.2) is 129 Å². The zero-order chi connectivity index (χ0) is 42.9. The molecule has 19 nitrogen and oxygen atoms in total. The van der Waals surface area contributed by atoms with Crippen LogP contribution in [0, 0.1) is 0 Å². The zero-order valence-corrected chi connectivity index (χ0v) is 30.9. The van der Waals surface area contributed by atoms with Crippen LogP contribution in [0.2, 0.25) is 0 Å². The third-order valence-corrected chi connectivity index (χ3v) is 11.0. The summed E-state index contributed by atoms with van der Waals surface area (Å²) in [6.07, 6.45) is -14.3. The Morgan fingerprint density at radius 3 is 2.07 bits per heavy atom. The predicted molar refractivity (Wildman–Crippen MR) is 201 cm³/mol. The van der Waals surface area contributed by atoms with E-state index in [2.05, 4.69) is 0 Å². The molecular weight excluding hydrogens is 796 g/mol. The van der Waals surface area contributed by atoms with E-state index in [4.69, 9.17) is 23.4 Å². The van der Waals surface area contributed by atoms with Gasteiger partial charge >= 0.3 is 0 Å². The number of ether oxygens (including phenoxy) is 4. The Morgan fingerprint density at radius 2 is 1.43 bits per heavy atom. The van der Waals surface area contributed by atoms with Gasteiger partial charge < -0.3 is 84.6 Å². The highest BCUT2D eigenvalue weighted by molar-refractivity contribution is 6.08. The lowest BCUT2D eigenvalue weighted by atomic mass is 9.78. The zero-order valence-electron chi connectivity index (χ0n) is 30.9. The van der Waals surface area contributed by atoms with Crippen LogP contribution < -0.4 is 10.2 Å². The summed E-state index contributed by atoms with van der Waals surface area (Å²) in [6.45, 7) is -2.41. The van der Waals surface area contributed by atoms with E-state index in [-0.39, 0.29) is 34.0 Å². The van der Waals surface area contributed by atoms with E-state index in [0.29, 0.717) is 0 Å². The van der Waals surface area contributed by atoms with Crippen LogP contribution >= 0.6 is 0 Å². The van der Waals surface area contributed by atoms with Gasteiger partial charge in [0.25, 0.3) is 0 Å². The third-order valence-electron chi connectivity index (χ3n) is 11.0. The lowest BCUT2D eigenvalue weighted by Gasteiger charge is -2.43. The summed E-state index contributed by atoms with van der Waals surface area (Å²) in [5.41, 5.74) is -4.78. The van der Waals surface area contributed by atoms with Gasteiger partial charge in [-0.3, -0.25) is 9.59 Å². The van der Waals surface area contributed by atoms with Gasteiger partial charge in [-0.15, -0.1) is 0 Å². The summed E-state index contributed by atoms with van der Waals surface area (Å²) in [6, 6.07) is 13.5. The van der Waals surface area contributed by atoms with E-state index < -0.39 is 142 Å². The van der Waals surface area contributed by atoms with Gasteiger partial charge in [-0.2, -0.15) is 0 Å². The molecule has 8 rings (SSSR count). The van der Waals surface area contributed by atoms with Gasteiger partial charge in [0.15, 0.2) is 12.1 Å². The molecule has 0 radical (unpaired) electrons. The van der Waals surface area contributed by atoms with Crippen molar-refractivity contribution in [2.24, 2.45) is 0 Å². The number of hydrogen-bond acceptors (Lipinski definition) is 19. The molecule has 3 aliphatic heterocycles. The Labute approximate surface area is 336 Å². The molecule has 3 aliphatic rings. The highest BCUT2D eigenvalue weighted by Crippen LogP contribution is 2.54. The Balaban J connectivity index is 1.27. The third kappa shape index (κ3) is 6.61. The normalized spacial score (nSPS) is 29.0. The molecule has 316 valence electrons. The molecule has 1 aromatic heterocycles. The van der Waals surface area contributed by atoms with Crippen LogP contribution in [-0.2, 0) is 14.2 Å². The summed E-state index contributed by atoms with van der Waals surface area (Å²) in [5.74, 6) is -6.87. The molecule has 2 saturated heterocycles. The minimum Gasteiger partial charge on any atom is -0.508 e. The number of ketones is 1. The predicted octanol–water partition coefficient (Wildman–Crippen LogP) is 0.774. The van der Waals surface area contributed by atoms with Crippen molar-refractivity contribution < 1.29 is 89.4 Å². The van der Waals surface area contributed by atoms with Crippen molar-refractivity contribution in [1.82, 2.24) is 0 Å². The van der Waals surface area contributed by atoms with E-state index in [1.807, 2.05) is 0 Å². The van der Waals surface area contributed by atoms with Crippen molar-refractivity contribution in [3.8, 4) is 51.6 Å². The monoisotopic (exact) mass is 834 g/mol. The maximum Gasteiger partial charge on any atom is 0.201 e. The van der Waals surface area contributed by atoms with Gasteiger partial charge in [-0.25, -0.2) is 0 Å². The van der Waals surface area contributed by atoms with Crippen LogP contribution in [0.15, 0.2) is 75.9 Å². The fourth-order valence-corrected chi connectivity index (χ4v) is 7.93. The molecule has 4 aromatic carbocycles. The first-order chi connectivity index (χ1) is 28.6. The van der Waals surface area contributed by atoms with Crippen LogP contribution in [0.5, 0.6) is 40.2 Å². The second kappa shape index (κ2) is 15.2. The number of carbonyl (C=O) groups excluding carboxylic acids is 1. The van der Waals surface area contributed by atoms with Crippen molar-refractivity contribution in [3.63, 3.8) is 0 Å². The van der Waals surface area contributed by atoms with Crippen LogP contribution in [0.4, 0.5) is 0 Å². The number of carbonyl (C=O) groups is 1. The molecular formula is C41H38O19. The number of fused-ring (bicyclic) bond motifs is 2. The Bertz CT molecular complexity index is 2520. The van der Waals surface area contributed by atoms with Gasteiger partial charge in [-0.05, 0) is 42.0 Å². The van der Waals surface area contributed by atoms with Crippen molar-refractivity contribution in [1.29, 1.82) is 0 Å². The summed E-state index contributed by atoms with van der Waals surface area (Å²) in [7, 11) is 0. The fourth-order valence-electron chi connectivity index (χ4n) is 7.93. The lowest BCUT2D eigenvalue weighted by Crippen LogP contribution is -2.58. The number of phenolic OH excluding ortho intramolecular Hbond substituents is 6. The summed E-state index contributed by atoms with van der Waals surface area (Å²) < 4.78 is 29.1. The first-order valence-electron chi connectivity index (χ1n) is 18.4. The second-order valence-electron chi connectivity index (χ2n) is 14.8. The summed E-state index contributed by atoms with van der Waals surface area (Å²) in [4.78, 5) is 29.8. The summed E-state index contributed by atoms with van der Waals surface area (Å²) >= 11 is 0. The largest absolute Gasteiger partial charge is 0.508 e. The first-order valence-corrected chi connectivity index (χ1v) is 18.4. The molecule has 0 spiro atoms. The average molecular weight is 835 g/mol. The highest BCUT2D eigenvalue weighted by atomic mass is 16.7. The first kappa shape index (κ1) is 40.8. The number of phenols is 6. The van der Waals surface area contributed by atoms with Gasteiger partial charge in [0, 0.05) is 23.8 Å². The van der Waals surface area contributed by atoms with Gasteiger partial charge in [-0.1, -0.05) is 12.1 Å². The van der Waals surface area contributed by atoms with Gasteiger partial charge in [0.2, 0.25) is 5.43 Å². The minimum absolute atomic E-state index is 0.138. The van der Waals surface area contributed by atoms with Crippen molar-refractivity contribution in [3.05, 3.63) is 99.2 Å². The van der Waals surface area contributed by atoms with Crippen LogP contribution in [0.3, 0.4) is 0 Å². The van der Waals surface area contributed by atoms with E-state index in [0.717, 1.165) is 18.2 Å². The molecule has 0 amide bonds. The second-order valence-corrected chi connectivity index (χ2v) is 14.8. The Kier molecular flexibility index (Phi) is 10.3. The molecule has 0 aliphatic carbocycles. The minimum atomic E-state index is -2.13.